The topological polar surface area (TPSA) is 0 Å². The highest BCUT2D eigenvalue weighted by molar-refractivity contribution is 9.11. The lowest BCUT2D eigenvalue weighted by Crippen LogP contribution is -2.33. The van der Waals surface area contributed by atoms with Crippen LogP contribution in [0.5, 0.6) is 0 Å². The minimum absolute atomic E-state index is 0.691. The molecule has 6 aliphatic carbocycles. The van der Waals surface area contributed by atoms with Gasteiger partial charge in [-0.25, -0.2) is 0 Å². The van der Waals surface area contributed by atoms with Gasteiger partial charge < -0.3 is 0 Å². The third-order valence-electron chi connectivity index (χ3n) is 11.8. The van der Waals surface area contributed by atoms with E-state index >= 15 is 0 Å². The standard InChI is InChI=1S/C32H36Br2/c1-15-3-17-5-19-7-21(9-25(17)19)27-11-29(31(33)13-23(15)27)30-12-28-22-8-20-6-18(26(20)10-22)4-16(2)24(28)14-32(30)34/h11-22,25-26H,3-10H2,1-2H3. The summed E-state index contributed by atoms with van der Waals surface area (Å²) in [5.74, 6) is 9.06. The van der Waals surface area contributed by atoms with Crippen LogP contribution >= 0.6 is 31.9 Å². The predicted molar refractivity (Wildman–Crippen MR) is 147 cm³/mol. The first-order valence-electron chi connectivity index (χ1n) is 14.1. The van der Waals surface area contributed by atoms with E-state index in [1.54, 1.807) is 22.3 Å². The molecule has 0 aliphatic heterocycles. The van der Waals surface area contributed by atoms with Gasteiger partial charge in [0.15, 0.2) is 0 Å². The van der Waals surface area contributed by atoms with E-state index in [-0.39, 0.29) is 0 Å². The number of benzene rings is 2. The van der Waals surface area contributed by atoms with E-state index in [1.165, 1.54) is 71.4 Å². The van der Waals surface area contributed by atoms with E-state index in [9.17, 15) is 0 Å². The summed E-state index contributed by atoms with van der Waals surface area (Å²) in [6, 6.07) is 10.3. The quantitative estimate of drug-likeness (QED) is 0.315. The van der Waals surface area contributed by atoms with Crippen LogP contribution in [0.4, 0.5) is 0 Å². The Kier molecular flexibility index (Phi) is 4.72. The smallest absolute Gasteiger partial charge is 0.0257 e. The van der Waals surface area contributed by atoms with Gasteiger partial charge in [0.2, 0.25) is 0 Å². The van der Waals surface area contributed by atoms with Crippen LogP contribution in [0.3, 0.4) is 0 Å². The summed E-state index contributed by atoms with van der Waals surface area (Å²) < 4.78 is 2.60. The molecule has 4 fully saturated rings. The molecule has 2 heteroatoms. The number of fused-ring (bicyclic) bond motifs is 6. The zero-order valence-electron chi connectivity index (χ0n) is 20.5. The molecule has 34 heavy (non-hydrogen) atoms. The van der Waals surface area contributed by atoms with E-state index < -0.39 is 0 Å². The summed E-state index contributed by atoms with van der Waals surface area (Å²) in [6.45, 7) is 4.99. The van der Waals surface area contributed by atoms with E-state index in [2.05, 4.69) is 70.0 Å². The van der Waals surface area contributed by atoms with Gasteiger partial charge in [-0.2, -0.15) is 0 Å². The molecule has 0 aromatic heterocycles. The maximum Gasteiger partial charge on any atom is 0.0257 e. The SMILES string of the molecule is CC1CC2CC3CC(CC23)c2cc(-c3cc4c(cc3Br)C(C)CC3CC5CC4CC35)c(Br)cc21. The number of hydrogen-bond donors (Lipinski definition) is 0. The molecule has 2 aromatic rings. The van der Waals surface area contributed by atoms with Crippen molar-refractivity contribution in [2.24, 2.45) is 35.5 Å². The summed E-state index contributed by atoms with van der Waals surface area (Å²) in [5.41, 5.74) is 9.50. The Bertz CT molecular complexity index is 1100. The number of halogens is 2. The van der Waals surface area contributed by atoms with Crippen molar-refractivity contribution in [2.75, 3.05) is 0 Å². The second-order valence-electron chi connectivity index (χ2n) is 13.4. The molecular formula is C32H36Br2. The Balaban J connectivity index is 1.26. The molecule has 0 saturated heterocycles. The highest BCUT2D eigenvalue weighted by Gasteiger charge is 2.51. The van der Waals surface area contributed by atoms with Crippen LogP contribution in [-0.2, 0) is 0 Å². The van der Waals surface area contributed by atoms with Crippen LogP contribution in [0.15, 0.2) is 33.2 Å². The largest absolute Gasteiger partial charge is 0.0584 e. The molecule has 6 aliphatic rings. The highest BCUT2D eigenvalue weighted by Crippen LogP contribution is 2.63. The van der Waals surface area contributed by atoms with Crippen molar-refractivity contribution in [1.82, 2.24) is 0 Å². The van der Waals surface area contributed by atoms with Gasteiger partial charge in [-0.15, -0.1) is 0 Å². The van der Waals surface area contributed by atoms with Crippen molar-refractivity contribution in [3.63, 3.8) is 0 Å². The molecule has 0 heterocycles. The lowest BCUT2D eigenvalue weighted by atomic mass is 9.63. The third-order valence-corrected chi connectivity index (χ3v) is 13.1. The maximum atomic E-state index is 4.07. The van der Waals surface area contributed by atoms with E-state index in [1.807, 2.05) is 0 Å². The predicted octanol–water partition coefficient (Wildman–Crippen LogP) is 10.2. The molecular weight excluding hydrogens is 544 g/mol. The van der Waals surface area contributed by atoms with Crippen LogP contribution in [0, 0.1) is 35.5 Å². The average Bonchev–Trinajstić information content (AvgIpc) is 3.35. The van der Waals surface area contributed by atoms with Crippen LogP contribution in [0.1, 0.15) is 111 Å². The van der Waals surface area contributed by atoms with Crippen molar-refractivity contribution in [1.29, 1.82) is 0 Å². The van der Waals surface area contributed by atoms with Crippen molar-refractivity contribution in [3.05, 3.63) is 55.5 Å². The van der Waals surface area contributed by atoms with E-state index in [0.29, 0.717) is 11.8 Å². The molecule has 0 nitrogen and oxygen atoms in total. The summed E-state index contributed by atoms with van der Waals surface area (Å²) in [7, 11) is 0. The molecule has 4 bridgehead atoms. The van der Waals surface area contributed by atoms with Crippen LogP contribution in [-0.4, -0.2) is 0 Å². The Morgan fingerprint density at radius 3 is 1.35 bits per heavy atom. The second-order valence-corrected chi connectivity index (χ2v) is 15.1. The van der Waals surface area contributed by atoms with E-state index in [4.69, 9.17) is 0 Å². The van der Waals surface area contributed by atoms with Gasteiger partial charge in [0.25, 0.3) is 0 Å². The zero-order valence-corrected chi connectivity index (χ0v) is 23.7. The highest BCUT2D eigenvalue weighted by atomic mass is 79.9. The van der Waals surface area contributed by atoms with Gasteiger partial charge in [-0.3, -0.25) is 0 Å². The summed E-state index contributed by atoms with van der Waals surface area (Å²) in [6.07, 6.45) is 11.6. The van der Waals surface area contributed by atoms with Crippen LogP contribution in [0.25, 0.3) is 11.1 Å². The summed E-state index contributed by atoms with van der Waals surface area (Å²) >= 11 is 8.14. The fourth-order valence-corrected chi connectivity index (χ4v) is 11.3. The van der Waals surface area contributed by atoms with Crippen molar-refractivity contribution >= 4 is 31.9 Å². The first kappa shape index (κ1) is 21.5. The van der Waals surface area contributed by atoms with Crippen LogP contribution in [0.2, 0.25) is 0 Å². The third kappa shape index (κ3) is 2.94. The maximum absolute atomic E-state index is 4.07. The first-order chi connectivity index (χ1) is 16.4. The van der Waals surface area contributed by atoms with Gasteiger partial charge in [0, 0.05) is 8.95 Å². The lowest BCUT2D eigenvalue weighted by Gasteiger charge is -2.42. The molecule has 4 saturated carbocycles. The lowest BCUT2D eigenvalue weighted by molar-refractivity contribution is 0.0889. The fourth-order valence-electron chi connectivity index (χ4n) is 10.1. The van der Waals surface area contributed by atoms with Gasteiger partial charge in [0.1, 0.15) is 0 Å². The van der Waals surface area contributed by atoms with Gasteiger partial charge in [-0.1, -0.05) is 45.7 Å². The number of rotatable bonds is 1. The summed E-state index contributed by atoms with van der Waals surface area (Å²) in [5, 5.41) is 0. The zero-order chi connectivity index (χ0) is 22.9. The molecule has 0 radical (unpaired) electrons. The Labute approximate surface area is 221 Å². The minimum atomic E-state index is 0.691. The van der Waals surface area contributed by atoms with Crippen LogP contribution < -0.4 is 0 Å². The molecule has 178 valence electrons. The monoisotopic (exact) mass is 578 g/mol. The molecule has 0 N–H and O–H groups in total. The fraction of sp³-hybridized carbons (Fsp3) is 0.625. The molecule has 2 aromatic carbocycles. The molecule has 10 atom stereocenters. The van der Waals surface area contributed by atoms with Crippen molar-refractivity contribution < 1.29 is 0 Å². The van der Waals surface area contributed by atoms with Gasteiger partial charge >= 0.3 is 0 Å². The van der Waals surface area contributed by atoms with Gasteiger partial charge in [-0.05, 0) is 168 Å². The Morgan fingerprint density at radius 1 is 0.500 bits per heavy atom. The van der Waals surface area contributed by atoms with Crippen molar-refractivity contribution in [2.45, 2.75) is 88.9 Å². The van der Waals surface area contributed by atoms with E-state index in [0.717, 1.165) is 47.3 Å². The van der Waals surface area contributed by atoms with Gasteiger partial charge in [0.05, 0.1) is 0 Å². The Hall–Kier alpha value is -0.600. The number of hydrogen-bond acceptors (Lipinski definition) is 0. The average molecular weight is 580 g/mol. The Morgan fingerprint density at radius 2 is 0.912 bits per heavy atom. The molecule has 8 rings (SSSR count). The van der Waals surface area contributed by atoms with Crippen molar-refractivity contribution in [3.8, 4) is 11.1 Å². The molecule has 0 spiro atoms. The first-order valence-corrected chi connectivity index (χ1v) is 15.7. The normalized spacial score (nSPS) is 42.9. The molecule has 0 amide bonds. The second kappa shape index (κ2) is 7.47. The minimum Gasteiger partial charge on any atom is -0.0584 e. The molecule has 10 unspecified atom stereocenters. The summed E-state index contributed by atoms with van der Waals surface area (Å²) in [4.78, 5) is 0.